The van der Waals surface area contributed by atoms with Crippen molar-refractivity contribution >= 4 is 17.8 Å². The molecule has 0 saturated carbocycles. The van der Waals surface area contributed by atoms with Gasteiger partial charge in [-0.05, 0) is 37.7 Å². The van der Waals surface area contributed by atoms with E-state index in [0.29, 0.717) is 6.42 Å². The van der Waals surface area contributed by atoms with E-state index in [4.69, 9.17) is 5.11 Å². The molecule has 1 aromatic rings. The Balaban J connectivity index is 0.00000267. The first kappa shape index (κ1) is 32.4. The van der Waals surface area contributed by atoms with Crippen LogP contribution >= 0.6 is 0 Å². The minimum atomic E-state index is -1.01. The van der Waals surface area contributed by atoms with Gasteiger partial charge in [0.1, 0.15) is 0 Å². The summed E-state index contributed by atoms with van der Waals surface area (Å²) in [5.41, 5.74) is 2.05. The molecule has 2 atom stereocenters. The number of carbonyl (C=O) groups is 3. The van der Waals surface area contributed by atoms with Crippen LogP contribution < -0.4 is 5.32 Å². The number of rotatable bonds is 10. The molecule has 0 aliphatic heterocycles. The molecule has 0 unspecified atom stereocenters. The van der Waals surface area contributed by atoms with E-state index in [1.807, 2.05) is 53.7 Å². The van der Waals surface area contributed by atoms with Gasteiger partial charge in [0.15, 0.2) is 0 Å². The first-order valence-corrected chi connectivity index (χ1v) is 12.6. The summed E-state index contributed by atoms with van der Waals surface area (Å²) >= 11 is 0. The Hall–Kier alpha value is -2.63. The van der Waals surface area contributed by atoms with E-state index in [1.165, 1.54) is 11.8 Å². The highest BCUT2D eigenvalue weighted by atomic mass is 16.4. The van der Waals surface area contributed by atoms with E-state index in [9.17, 15) is 14.4 Å². The molecule has 0 fully saturated rings. The number of nitrogens with zero attached hydrogens (tertiary/aromatic N) is 1. The molecule has 0 aliphatic carbocycles. The van der Waals surface area contributed by atoms with Gasteiger partial charge in [-0.1, -0.05) is 91.3 Å². The maximum Gasteiger partial charge on any atom is 0.331 e. The average Bonchev–Trinajstić information content (AvgIpc) is 2.74. The third kappa shape index (κ3) is 10.7. The van der Waals surface area contributed by atoms with Crippen molar-refractivity contribution in [1.82, 2.24) is 10.2 Å². The molecule has 0 radical (unpaired) electrons. The SMILES string of the molecule is CC(C)C.CC[C@H](C(=O)NCC(=O)N(C)[C@H](/C=C(\C)C(=O)O)C(C)C)C(C)(C)c1ccc(C)cc1. The fourth-order valence-electron chi connectivity index (χ4n) is 3.86. The lowest BCUT2D eigenvalue weighted by Gasteiger charge is -2.34. The summed E-state index contributed by atoms with van der Waals surface area (Å²) in [6.45, 7) is 19.8. The molecule has 0 bridgehead atoms. The Morgan fingerprint density at radius 2 is 1.54 bits per heavy atom. The van der Waals surface area contributed by atoms with Crippen LogP contribution in [0, 0.1) is 24.7 Å². The molecule has 1 rings (SSSR count). The fourth-order valence-corrected chi connectivity index (χ4v) is 3.86. The second-order valence-corrected chi connectivity index (χ2v) is 10.9. The van der Waals surface area contributed by atoms with Crippen molar-refractivity contribution in [2.24, 2.45) is 17.8 Å². The van der Waals surface area contributed by atoms with Crippen LogP contribution in [0.15, 0.2) is 35.9 Å². The third-order valence-corrected chi connectivity index (χ3v) is 6.09. The van der Waals surface area contributed by atoms with Crippen LogP contribution in [-0.2, 0) is 19.8 Å². The molecule has 6 nitrogen and oxygen atoms in total. The molecule has 0 saturated heterocycles. The van der Waals surface area contributed by atoms with E-state index in [2.05, 4.69) is 38.2 Å². The van der Waals surface area contributed by atoms with Crippen LogP contribution in [0.25, 0.3) is 0 Å². The predicted octanol–water partition coefficient (Wildman–Crippen LogP) is 5.59. The number of aliphatic carboxylic acids is 1. The Morgan fingerprint density at radius 3 is 1.94 bits per heavy atom. The largest absolute Gasteiger partial charge is 0.478 e. The number of hydrogen-bond donors (Lipinski definition) is 2. The van der Waals surface area contributed by atoms with Gasteiger partial charge < -0.3 is 15.3 Å². The molecule has 35 heavy (non-hydrogen) atoms. The van der Waals surface area contributed by atoms with E-state index in [0.717, 1.165) is 17.0 Å². The number of carboxylic acids is 1. The van der Waals surface area contributed by atoms with Crippen LogP contribution in [-0.4, -0.2) is 47.4 Å². The molecule has 0 spiro atoms. The van der Waals surface area contributed by atoms with Crippen molar-refractivity contribution < 1.29 is 19.5 Å². The van der Waals surface area contributed by atoms with Crippen molar-refractivity contribution in [1.29, 1.82) is 0 Å². The summed E-state index contributed by atoms with van der Waals surface area (Å²) in [4.78, 5) is 38.4. The third-order valence-electron chi connectivity index (χ3n) is 6.09. The van der Waals surface area contributed by atoms with Gasteiger partial charge in [-0.2, -0.15) is 0 Å². The quantitative estimate of drug-likeness (QED) is 0.420. The lowest BCUT2D eigenvalue weighted by molar-refractivity contribution is -0.135. The zero-order valence-electron chi connectivity index (χ0n) is 23.7. The van der Waals surface area contributed by atoms with Crippen LogP contribution in [0.4, 0.5) is 0 Å². The van der Waals surface area contributed by atoms with Crippen molar-refractivity contribution in [2.75, 3.05) is 13.6 Å². The van der Waals surface area contributed by atoms with Gasteiger partial charge in [-0.15, -0.1) is 0 Å². The molecule has 0 heterocycles. The number of amides is 2. The van der Waals surface area contributed by atoms with Gasteiger partial charge in [-0.25, -0.2) is 4.79 Å². The molecule has 0 aliphatic rings. The molecule has 2 amide bonds. The van der Waals surface area contributed by atoms with E-state index in [1.54, 1.807) is 13.1 Å². The number of carbonyl (C=O) groups excluding carboxylic acids is 2. The summed E-state index contributed by atoms with van der Waals surface area (Å²) in [6, 6.07) is 7.81. The van der Waals surface area contributed by atoms with Crippen LogP contribution in [0.5, 0.6) is 0 Å². The lowest BCUT2D eigenvalue weighted by Crippen LogP contribution is -2.48. The van der Waals surface area contributed by atoms with Crippen molar-refractivity contribution in [3.63, 3.8) is 0 Å². The van der Waals surface area contributed by atoms with Crippen molar-refractivity contribution in [2.45, 2.75) is 87.1 Å². The van der Waals surface area contributed by atoms with Gasteiger partial charge in [0.2, 0.25) is 11.8 Å². The maximum absolute atomic E-state index is 13.0. The number of carboxylic acid groups (broad SMARTS) is 1. The number of benzene rings is 1. The maximum atomic E-state index is 13.0. The second kappa shape index (κ2) is 14.7. The first-order chi connectivity index (χ1) is 16.1. The van der Waals surface area contributed by atoms with Crippen LogP contribution in [0.2, 0.25) is 0 Å². The molecular weight excluding hydrogens is 440 g/mol. The number of nitrogens with one attached hydrogen (secondary N) is 1. The van der Waals surface area contributed by atoms with E-state index >= 15 is 0 Å². The van der Waals surface area contributed by atoms with Gasteiger partial charge in [-0.3, -0.25) is 9.59 Å². The minimum absolute atomic E-state index is 0.0304. The van der Waals surface area contributed by atoms with Crippen LogP contribution in [0.3, 0.4) is 0 Å². The zero-order valence-corrected chi connectivity index (χ0v) is 23.7. The molecule has 1 aromatic carbocycles. The fraction of sp³-hybridized carbons (Fsp3) is 0.621. The highest BCUT2D eigenvalue weighted by Crippen LogP contribution is 2.34. The minimum Gasteiger partial charge on any atom is -0.478 e. The van der Waals surface area contributed by atoms with Gasteiger partial charge in [0.25, 0.3) is 0 Å². The summed E-state index contributed by atoms with van der Waals surface area (Å²) in [5, 5.41) is 12.0. The summed E-state index contributed by atoms with van der Waals surface area (Å²) in [7, 11) is 1.64. The Bertz CT molecular complexity index is 851. The Labute approximate surface area is 213 Å². The van der Waals surface area contributed by atoms with Crippen molar-refractivity contribution in [3.8, 4) is 0 Å². The standard InChI is InChI=1S/C25H38N2O4.C4H10/c1-9-20(25(6,7)19-12-10-17(4)11-13-19)23(29)26-15-22(28)27(8)21(16(2)3)14-18(5)24(30)31;1-4(2)3/h10-14,16,20-21H,9,15H2,1-8H3,(H,26,29)(H,30,31);4H,1-3H3/b18-14+;/t20-,21-;/m1./s1. The average molecular weight is 489 g/mol. The highest BCUT2D eigenvalue weighted by Gasteiger charge is 2.35. The van der Waals surface area contributed by atoms with Gasteiger partial charge in [0.05, 0.1) is 12.6 Å². The second-order valence-electron chi connectivity index (χ2n) is 10.9. The number of hydrogen-bond acceptors (Lipinski definition) is 3. The van der Waals surface area contributed by atoms with Gasteiger partial charge in [0, 0.05) is 24.0 Å². The molecule has 0 aromatic heterocycles. The molecule has 2 N–H and O–H groups in total. The van der Waals surface area contributed by atoms with E-state index < -0.39 is 5.97 Å². The summed E-state index contributed by atoms with van der Waals surface area (Å²) in [5.74, 6) is -0.854. The summed E-state index contributed by atoms with van der Waals surface area (Å²) < 4.78 is 0. The highest BCUT2D eigenvalue weighted by molar-refractivity contribution is 5.88. The molecule has 198 valence electrons. The Kier molecular flexibility index (Phi) is 13.6. The number of aryl methyl sites for hydroxylation is 1. The van der Waals surface area contributed by atoms with Gasteiger partial charge >= 0.3 is 5.97 Å². The molecular formula is C29H48N2O4. The Morgan fingerprint density at radius 1 is 1.06 bits per heavy atom. The smallest absolute Gasteiger partial charge is 0.331 e. The number of likely N-dealkylation sites (N-methyl/N-ethyl adjacent to an activating group) is 1. The molecule has 6 heteroatoms. The van der Waals surface area contributed by atoms with Crippen LogP contribution in [0.1, 0.15) is 79.9 Å². The normalized spacial score (nSPS) is 13.6. The van der Waals surface area contributed by atoms with Crippen molar-refractivity contribution in [3.05, 3.63) is 47.0 Å². The summed E-state index contributed by atoms with van der Waals surface area (Å²) in [6.07, 6.45) is 2.23. The lowest BCUT2D eigenvalue weighted by atomic mass is 9.71. The first-order valence-electron chi connectivity index (χ1n) is 12.6. The van der Waals surface area contributed by atoms with E-state index in [-0.39, 0.29) is 47.2 Å². The predicted molar refractivity (Wildman–Crippen MR) is 144 cm³/mol. The monoisotopic (exact) mass is 488 g/mol. The topological polar surface area (TPSA) is 86.7 Å². The zero-order chi connectivity index (χ0) is 27.5.